The van der Waals surface area contributed by atoms with Crippen LogP contribution in [0.2, 0.25) is 0 Å². The molecule has 0 fully saturated rings. The second-order valence-electron chi connectivity index (χ2n) is 8.11. The van der Waals surface area contributed by atoms with E-state index in [2.05, 4.69) is 35.1 Å². The average molecular weight is 545 g/mol. The summed E-state index contributed by atoms with van der Waals surface area (Å²) in [6.45, 7) is 4.40. The highest BCUT2D eigenvalue weighted by Gasteiger charge is 2.21. The van der Waals surface area contributed by atoms with Gasteiger partial charge >= 0.3 is 0 Å². The lowest BCUT2D eigenvalue weighted by atomic mass is 9.99. The second-order valence-corrected chi connectivity index (χ2v) is 11.0. The molecular weight excluding hydrogens is 516 g/mol. The highest BCUT2D eigenvalue weighted by Crippen LogP contribution is 2.30. The summed E-state index contributed by atoms with van der Waals surface area (Å²) in [4.78, 5) is 12.5. The van der Waals surface area contributed by atoms with Crippen molar-refractivity contribution in [2.24, 2.45) is 0 Å². The molecule has 3 aromatic carbocycles. The van der Waals surface area contributed by atoms with Gasteiger partial charge in [0.05, 0.1) is 9.37 Å². The minimum atomic E-state index is -3.65. The minimum absolute atomic E-state index is 0.158. The Morgan fingerprint density at radius 1 is 1.06 bits per heavy atom. The summed E-state index contributed by atoms with van der Waals surface area (Å²) in [5.41, 5.74) is 2.60. The number of hydrogen-bond donors (Lipinski definition) is 1. The molecule has 0 bridgehead atoms. The standard InChI is InChI=1S/C26H29BrN2O4S/c1-4-19(2)21-10-15-25(24(27)16-21)33-18-26(30)28-22-11-13-23(14-12-22)34(31,32)29(3)17-20-8-6-5-7-9-20/h5-16,19H,4,17-18H2,1-3H3,(H,28,30). The molecule has 0 aromatic heterocycles. The van der Waals surface area contributed by atoms with E-state index in [9.17, 15) is 13.2 Å². The summed E-state index contributed by atoms with van der Waals surface area (Å²) in [6, 6.07) is 21.4. The summed E-state index contributed by atoms with van der Waals surface area (Å²) in [7, 11) is -2.11. The van der Waals surface area contributed by atoms with Crippen LogP contribution in [0.4, 0.5) is 5.69 Å². The molecule has 6 nitrogen and oxygen atoms in total. The number of benzene rings is 3. The van der Waals surface area contributed by atoms with Crippen LogP contribution in [0.1, 0.15) is 37.3 Å². The SMILES string of the molecule is CCC(C)c1ccc(OCC(=O)Nc2ccc(S(=O)(=O)N(C)Cc3ccccc3)cc2)c(Br)c1. The van der Waals surface area contributed by atoms with Crippen molar-refractivity contribution >= 4 is 37.5 Å². The molecule has 8 heteroatoms. The minimum Gasteiger partial charge on any atom is -0.483 e. The first-order chi connectivity index (χ1) is 16.2. The molecular formula is C26H29BrN2O4S. The molecule has 0 saturated carbocycles. The number of carbonyl (C=O) groups is 1. The van der Waals surface area contributed by atoms with Crippen LogP contribution in [0.5, 0.6) is 5.75 Å². The molecule has 1 amide bonds. The second kappa shape index (κ2) is 11.6. The van der Waals surface area contributed by atoms with E-state index in [0.29, 0.717) is 17.4 Å². The first kappa shape index (κ1) is 25.9. The number of halogens is 1. The molecule has 0 heterocycles. The van der Waals surface area contributed by atoms with Crippen molar-refractivity contribution in [3.8, 4) is 5.75 Å². The van der Waals surface area contributed by atoms with Gasteiger partial charge in [0.1, 0.15) is 5.75 Å². The van der Waals surface area contributed by atoms with Gasteiger partial charge in [-0.1, -0.05) is 50.2 Å². The van der Waals surface area contributed by atoms with Crippen LogP contribution < -0.4 is 10.1 Å². The molecule has 0 aliphatic carbocycles. The van der Waals surface area contributed by atoms with Gasteiger partial charge in [-0.15, -0.1) is 0 Å². The number of rotatable bonds is 10. The third kappa shape index (κ3) is 6.68. The fourth-order valence-electron chi connectivity index (χ4n) is 3.33. The quantitative estimate of drug-likeness (QED) is 0.350. The molecule has 3 aromatic rings. The van der Waals surface area contributed by atoms with Crippen molar-refractivity contribution in [1.82, 2.24) is 4.31 Å². The fraction of sp³-hybridized carbons (Fsp3) is 0.269. The molecule has 0 radical (unpaired) electrons. The topological polar surface area (TPSA) is 75.7 Å². The van der Waals surface area contributed by atoms with E-state index in [1.165, 1.54) is 22.0 Å². The Kier molecular flexibility index (Phi) is 8.88. The fourth-order valence-corrected chi connectivity index (χ4v) is 5.00. The van der Waals surface area contributed by atoms with Crippen molar-refractivity contribution < 1.29 is 17.9 Å². The number of sulfonamides is 1. The molecule has 0 aliphatic heterocycles. The molecule has 1 atom stereocenters. The summed E-state index contributed by atoms with van der Waals surface area (Å²) in [5.74, 6) is 0.693. The maximum absolute atomic E-state index is 12.9. The largest absolute Gasteiger partial charge is 0.483 e. The zero-order valence-electron chi connectivity index (χ0n) is 19.5. The van der Waals surface area contributed by atoms with Crippen LogP contribution >= 0.6 is 15.9 Å². The Bertz CT molecular complexity index is 1220. The monoisotopic (exact) mass is 544 g/mol. The third-order valence-electron chi connectivity index (χ3n) is 5.59. The van der Waals surface area contributed by atoms with Gasteiger partial charge in [-0.3, -0.25) is 4.79 Å². The van der Waals surface area contributed by atoms with Crippen molar-refractivity contribution in [2.45, 2.75) is 37.6 Å². The van der Waals surface area contributed by atoms with Crippen LogP contribution in [0.3, 0.4) is 0 Å². The van der Waals surface area contributed by atoms with Gasteiger partial charge in [0, 0.05) is 19.3 Å². The van der Waals surface area contributed by atoms with E-state index >= 15 is 0 Å². The Labute approximate surface area is 210 Å². The predicted octanol–water partition coefficient (Wildman–Crippen LogP) is 5.80. The molecule has 3 rings (SSSR count). The van der Waals surface area contributed by atoms with Gasteiger partial charge in [0.25, 0.3) is 5.91 Å². The zero-order chi connectivity index (χ0) is 24.7. The van der Waals surface area contributed by atoms with E-state index in [0.717, 1.165) is 16.5 Å². The number of amides is 1. The number of carbonyl (C=O) groups excluding carboxylic acids is 1. The summed E-state index contributed by atoms with van der Waals surface area (Å²) in [6.07, 6.45) is 1.04. The zero-order valence-corrected chi connectivity index (χ0v) is 21.9. The lowest BCUT2D eigenvalue weighted by Gasteiger charge is -2.17. The molecule has 0 saturated heterocycles. The van der Waals surface area contributed by atoms with Crippen LogP contribution in [0, 0.1) is 0 Å². The van der Waals surface area contributed by atoms with Crippen LogP contribution in [-0.2, 0) is 21.4 Å². The molecule has 0 spiro atoms. The first-order valence-corrected chi connectivity index (χ1v) is 13.3. The summed E-state index contributed by atoms with van der Waals surface area (Å²) < 4.78 is 33.5. The normalized spacial score (nSPS) is 12.4. The van der Waals surface area contributed by atoms with Crippen molar-refractivity contribution in [3.05, 3.63) is 88.4 Å². The lowest BCUT2D eigenvalue weighted by Crippen LogP contribution is -2.26. The van der Waals surface area contributed by atoms with Crippen LogP contribution in [-0.4, -0.2) is 32.3 Å². The Morgan fingerprint density at radius 3 is 2.35 bits per heavy atom. The number of anilines is 1. The Hall–Kier alpha value is -2.68. The Morgan fingerprint density at radius 2 is 1.74 bits per heavy atom. The van der Waals surface area contributed by atoms with E-state index in [1.807, 2.05) is 48.5 Å². The van der Waals surface area contributed by atoms with Gasteiger partial charge in [-0.05, 0) is 75.8 Å². The lowest BCUT2D eigenvalue weighted by molar-refractivity contribution is -0.118. The third-order valence-corrected chi connectivity index (χ3v) is 8.03. The maximum atomic E-state index is 12.9. The van der Waals surface area contributed by atoms with Crippen LogP contribution in [0.15, 0.2) is 82.2 Å². The van der Waals surface area contributed by atoms with Crippen molar-refractivity contribution in [2.75, 3.05) is 19.0 Å². The van der Waals surface area contributed by atoms with Gasteiger partial charge in [-0.2, -0.15) is 4.31 Å². The first-order valence-electron chi connectivity index (χ1n) is 11.0. The number of ether oxygens (including phenoxy) is 1. The number of nitrogens with one attached hydrogen (secondary N) is 1. The van der Waals surface area contributed by atoms with E-state index in [1.54, 1.807) is 19.2 Å². The van der Waals surface area contributed by atoms with Gasteiger partial charge in [0.2, 0.25) is 10.0 Å². The van der Waals surface area contributed by atoms with Gasteiger partial charge in [0.15, 0.2) is 6.61 Å². The summed E-state index contributed by atoms with van der Waals surface area (Å²) in [5, 5.41) is 2.73. The van der Waals surface area contributed by atoms with E-state index < -0.39 is 10.0 Å². The summed E-state index contributed by atoms with van der Waals surface area (Å²) >= 11 is 3.50. The number of nitrogens with zero attached hydrogens (tertiary/aromatic N) is 1. The van der Waals surface area contributed by atoms with Gasteiger partial charge < -0.3 is 10.1 Å². The molecule has 1 N–H and O–H groups in total. The molecule has 180 valence electrons. The van der Waals surface area contributed by atoms with Gasteiger partial charge in [-0.25, -0.2) is 8.42 Å². The molecule has 0 aliphatic rings. The molecule has 1 unspecified atom stereocenters. The predicted molar refractivity (Wildman–Crippen MR) is 139 cm³/mol. The average Bonchev–Trinajstić information content (AvgIpc) is 2.83. The highest BCUT2D eigenvalue weighted by atomic mass is 79.9. The maximum Gasteiger partial charge on any atom is 0.262 e. The van der Waals surface area contributed by atoms with E-state index in [4.69, 9.17) is 4.74 Å². The highest BCUT2D eigenvalue weighted by molar-refractivity contribution is 9.10. The van der Waals surface area contributed by atoms with E-state index in [-0.39, 0.29) is 24.0 Å². The smallest absolute Gasteiger partial charge is 0.262 e. The van der Waals surface area contributed by atoms with Crippen LogP contribution in [0.25, 0.3) is 0 Å². The number of hydrogen-bond acceptors (Lipinski definition) is 4. The van der Waals surface area contributed by atoms with Crippen molar-refractivity contribution in [3.63, 3.8) is 0 Å². The van der Waals surface area contributed by atoms with Crippen molar-refractivity contribution in [1.29, 1.82) is 0 Å². The molecule has 34 heavy (non-hydrogen) atoms. The Balaban J connectivity index is 1.57.